The normalized spacial score (nSPS) is 24.6. The van der Waals surface area contributed by atoms with Crippen LogP contribution in [-0.2, 0) is 14.3 Å². The fraction of sp³-hybridized carbons (Fsp3) is 0.917. The molecule has 2 unspecified atom stereocenters. The van der Waals surface area contributed by atoms with Gasteiger partial charge in [0.25, 0.3) is 0 Å². The van der Waals surface area contributed by atoms with E-state index < -0.39 is 0 Å². The molecule has 1 fully saturated rings. The van der Waals surface area contributed by atoms with E-state index >= 15 is 0 Å². The van der Waals surface area contributed by atoms with Gasteiger partial charge in [-0.05, 0) is 25.7 Å². The highest BCUT2D eigenvalue weighted by Gasteiger charge is 2.21. The smallest absolute Gasteiger partial charge is 0.234 e. The number of hydrogen-bond acceptors (Lipinski definition) is 4. The quantitative estimate of drug-likeness (QED) is 0.632. The zero-order chi connectivity index (χ0) is 12.5. The molecule has 0 radical (unpaired) electrons. The summed E-state index contributed by atoms with van der Waals surface area (Å²) in [5, 5.41) is 6.07. The van der Waals surface area contributed by atoms with Gasteiger partial charge in [-0.25, -0.2) is 0 Å². The monoisotopic (exact) mass is 244 g/mol. The molecule has 1 aliphatic carbocycles. The van der Waals surface area contributed by atoms with Crippen molar-refractivity contribution >= 4 is 5.91 Å². The highest BCUT2D eigenvalue weighted by molar-refractivity contribution is 5.77. The Kier molecular flexibility index (Phi) is 7.16. The standard InChI is InChI=1S/C12H24N2O3/c1-16-7-6-13-12(15)9-14-10-4-3-5-11(8-10)17-2/h10-11,14H,3-9H2,1-2H3,(H,13,15). The van der Waals surface area contributed by atoms with Crippen LogP contribution in [0.2, 0.25) is 0 Å². The minimum atomic E-state index is 0.0293. The van der Waals surface area contributed by atoms with Gasteiger partial charge in [-0.2, -0.15) is 0 Å². The molecule has 0 saturated heterocycles. The van der Waals surface area contributed by atoms with Crippen molar-refractivity contribution in [1.82, 2.24) is 10.6 Å². The number of carbonyl (C=O) groups is 1. The minimum absolute atomic E-state index is 0.0293. The van der Waals surface area contributed by atoms with E-state index in [4.69, 9.17) is 9.47 Å². The number of hydrogen-bond donors (Lipinski definition) is 2. The van der Waals surface area contributed by atoms with E-state index in [1.807, 2.05) is 0 Å². The molecule has 0 heterocycles. The molecule has 17 heavy (non-hydrogen) atoms. The lowest BCUT2D eigenvalue weighted by Crippen LogP contribution is -2.43. The summed E-state index contributed by atoms with van der Waals surface area (Å²) in [6, 6.07) is 0.405. The fourth-order valence-electron chi connectivity index (χ4n) is 2.14. The van der Waals surface area contributed by atoms with Crippen LogP contribution in [0.5, 0.6) is 0 Å². The lowest BCUT2D eigenvalue weighted by atomic mass is 9.93. The summed E-state index contributed by atoms with van der Waals surface area (Å²) in [4.78, 5) is 11.5. The maximum absolute atomic E-state index is 11.5. The van der Waals surface area contributed by atoms with Gasteiger partial charge in [0, 0.05) is 26.8 Å². The van der Waals surface area contributed by atoms with E-state index in [2.05, 4.69) is 10.6 Å². The number of rotatable bonds is 7. The van der Waals surface area contributed by atoms with Crippen LogP contribution in [0.3, 0.4) is 0 Å². The third-order valence-electron chi connectivity index (χ3n) is 3.14. The van der Waals surface area contributed by atoms with Crippen LogP contribution in [-0.4, -0.2) is 52.0 Å². The maximum atomic E-state index is 11.5. The second-order valence-corrected chi connectivity index (χ2v) is 4.44. The van der Waals surface area contributed by atoms with Gasteiger partial charge < -0.3 is 20.1 Å². The highest BCUT2D eigenvalue weighted by Crippen LogP contribution is 2.20. The fourth-order valence-corrected chi connectivity index (χ4v) is 2.14. The molecule has 0 spiro atoms. The number of ether oxygens (including phenoxy) is 2. The number of amides is 1. The number of nitrogens with one attached hydrogen (secondary N) is 2. The van der Waals surface area contributed by atoms with Crippen molar-refractivity contribution < 1.29 is 14.3 Å². The van der Waals surface area contributed by atoms with Crippen LogP contribution < -0.4 is 10.6 Å². The van der Waals surface area contributed by atoms with Gasteiger partial charge in [-0.3, -0.25) is 4.79 Å². The number of methoxy groups -OCH3 is 2. The molecule has 1 amide bonds. The van der Waals surface area contributed by atoms with Crippen LogP contribution in [0.4, 0.5) is 0 Å². The SMILES string of the molecule is COCCNC(=O)CNC1CCCC(OC)C1. The maximum Gasteiger partial charge on any atom is 0.234 e. The van der Waals surface area contributed by atoms with Gasteiger partial charge in [0.05, 0.1) is 19.3 Å². The molecule has 5 nitrogen and oxygen atoms in total. The van der Waals surface area contributed by atoms with E-state index in [1.54, 1.807) is 14.2 Å². The van der Waals surface area contributed by atoms with Gasteiger partial charge in [0.1, 0.15) is 0 Å². The Morgan fingerprint density at radius 3 is 2.88 bits per heavy atom. The van der Waals surface area contributed by atoms with E-state index in [-0.39, 0.29) is 5.91 Å². The highest BCUT2D eigenvalue weighted by atomic mass is 16.5. The molecule has 5 heteroatoms. The summed E-state index contributed by atoms with van der Waals surface area (Å²) in [5.74, 6) is 0.0293. The van der Waals surface area contributed by atoms with Crippen LogP contribution in [0.25, 0.3) is 0 Å². The topological polar surface area (TPSA) is 59.6 Å². The molecule has 2 N–H and O–H groups in total. The van der Waals surface area contributed by atoms with E-state index in [9.17, 15) is 4.79 Å². The Morgan fingerprint density at radius 2 is 2.18 bits per heavy atom. The second kappa shape index (κ2) is 8.44. The summed E-state index contributed by atoms with van der Waals surface area (Å²) in [6.45, 7) is 1.51. The molecule has 1 rings (SSSR count). The van der Waals surface area contributed by atoms with Gasteiger partial charge >= 0.3 is 0 Å². The van der Waals surface area contributed by atoms with E-state index in [0.717, 1.165) is 19.3 Å². The summed E-state index contributed by atoms with van der Waals surface area (Å²) >= 11 is 0. The average molecular weight is 244 g/mol. The zero-order valence-electron chi connectivity index (χ0n) is 10.8. The lowest BCUT2D eigenvalue weighted by molar-refractivity contribution is -0.120. The second-order valence-electron chi connectivity index (χ2n) is 4.44. The Balaban J connectivity index is 2.10. The van der Waals surface area contributed by atoms with Crippen molar-refractivity contribution in [2.24, 2.45) is 0 Å². The summed E-state index contributed by atoms with van der Waals surface area (Å²) in [5.41, 5.74) is 0. The molecule has 0 aliphatic heterocycles. The molecule has 0 aromatic carbocycles. The lowest BCUT2D eigenvalue weighted by Gasteiger charge is -2.28. The first-order valence-electron chi connectivity index (χ1n) is 6.28. The first kappa shape index (κ1) is 14.4. The van der Waals surface area contributed by atoms with Crippen molar-refractivity contribution in [1.29, 1.82) is 0 Å². The minimum Gasteiger partial charge on any atom is -0.383 e. The van der Waals surface area contributed by atoms with Crippen molar-refractivity contribution in [3.8, 4) is 0 Å². The Bertz CT molecular complexity index is 224. The first-order chi connectivity index (χ1) is 8.26. The number of carbonyl (C=O) groups excluding carboxylic acids is 1. The largest absolute Gasteiger partial charge is 0.383 e. The van der Waals surface area contributed by atoms with Crippen molar-refractivity contribution in [2.45, 2.75) is 37.8 Å². The Morgan fingerprint density at radius 1 is 1.35 bits per heavy atom. The zero-order valence-corrected chi connectivity index (χ0v) is 10.8. The molecular formula is C12H24N2O3. The van der Waals surface area contributed by atoms with Gasteiger partial charge in [0.2, 0.25) is 5.91 Å². The first-order valence-corrected chi connectivity index (χ1v) is 6.28. The Labute approximate surface area is 103 Å². The van der Waals surface area contributed by atoms with Crippen molar-refractivity contribution in [3.05, 3.63) is 0 Å². The summed E-state index contributed by atoms with van der Waals surface area (Å²) in [6.07, 6.45) is 4.78. The molecule has 0 bridgehead atoms. The van der Waals surface area contributed by atoms with Gasteiger partial charge in [-0.1, -0.05) is 0 Å². The third-order valence-corrected chi connectivity index (χ3v) is 3.14. The molecule has 1 aliphatic rings. The van der Waals surface area contributed by atoms with E-state index in [0.29, 0.717) is 31.8 Å². The molecular weight excluding hydrogens is 220 g/mol. The predicted octanol–water partition coefficient (Wildman–Crippen LogP) is 0.296. The molecule has 2 atom stereocenters. The molecule has 100 valence electrons. The third kappa shape index (κ3) is 6.00. The van der Waals surface area contributed by atoms with Gasteiger partial charge in [0.15, 0.2) is 0 Å². The molecule has 1 saturated carbocycles. The molecule has 0 aromatic heterocycles. The van der Waals surface area contributed by atoms with Crippen LogP contribution in [0, 0.1) is 0 Å². The van der Waals surface area contributed by atoms with Gasteiger partial charge in [-0.15, -0.1) is 0 Å². The molecule has 0 aromatic rings. The van der Waals surface area contributed by atoms with Crippen LogP contribution >= 0.6 is 0 Å². The van der Waals surface area contributed by atoms with Crippen LogP contribution in [0.15, 0.2) is 0 Å². The van der Waals surface area contributed by atoms with Crippen LogP contribution in [0.1, 0.15) is 25.7 Å². The van der Waals surface area contributed by atoms with Crippen molar-refractivity contribution in [3.63, 3.8) is 0 Å². The average Bonchev–Trinajstić information content (AvgIpc) is 2.37. The van der Waals surface area contributed by atoms with E-state index in [1.165, 1.54) is 6.42 Å². The summed E-state index contributed by atoms with van der Waals surface area (Å²) < 4.78 is 10.2. The van der Waals surface area contributed by atoms with Crippen molar-refractivity contribution in [2.75, 3.05) is 33.9 Å². The predicted molar refractivity (Wildman–Crippen MR) is 65.9 cm³/mol. The Hall–Kier alpha value is -0.650. The summed E-state index contributed by atoms with van der Waals surface area (Å²) in [7, 11) is 3.38.